The Kier molecular flexibility index (Phi) is 6.13. The summed E-state index contributed by atoms with van der Waals surface area (Å²) in [5, 5.41) is 3.60. The highest BCUT2D eigenvalue weighted by Crippen LogP contribution is 2.55. The zero-order chi connectivity index (χ0) is 29.4. The highest BCUT2D eigenvalue weighted by atomic mass is 35.5. The van der Waals surface area contributed by atoms with Crippen molar-refractivity contribution >= 4 is 46.4 Å². The van der Waals surface area contributed by atoms with E-state index < -0.39 is 29.1 Å². The first-order valence-electron chi connectivity index (χ1n) is 12.5. The van der Waals surface area contributed by atoms with Crippen molar-refractivity contribution in [1.82, 2.24) is 9.55 Å². The van der Waals surface area contributed by atoms with Gasteiger partial charge in [-0.1, -0.05) is 35.3 Å². The molecule has 6 rings (SSSR count). The largest absolute Gasteiger partial charge is 0.496 e. The fraction of sp³-hybridized carbons (Fsp3) is 0.207. The first kappa shape index (κ1) is 27.2. The van der Waals surface area contributed by atoms with Crippen LogP contribution in [0.1, 0.15) is 47.2 Å². The van der Waals surface area contributed by atoms with Crippen LogP contribution in [0.25, 0.3) is 11.4 Å². The number of alkyl halides is 3. The number of halogens is 5. The molecular formula is C29H21Cl2F3N4O3. The Labute approximate surface area is 242 Å². The summed E-state index contributed by atoms with van der Waals surface area (Å²) >= 11 is 12.6. The number of nitrogens with zero attached hydrogens (tertiary/aromatic N) is 3. The van der Waals surface area contributed by atoms with Crippen molar-refractivity contribution in [3.8, 4) is 17.1 Å². The molecule has 0 radical (unpaired) electrons. The molecule has 12 heteroatoms. The summed E-state index contributed by atoms with van der Waals surface area (Å²) in [6.45, 7) is 3.66. The number of ether oxygens (including phenoxy) is 1. The van der Waals surface area contributed by atoms with Gasteiger partial charge in [0.1, 0.15) is 11.6 Å². The molecule has 0 fully saturated rings. The number of amides is 2. The van der Waals surface area contributed by atoms with E-state index in [4.69, 9.17) is 27.9 Å². The van der Waals surface area contributed by atoms with Crippen LogP contribution in [0.4, 0.5) is 24.5 Å². The number of carbonyl (C=O) groups is 2. The van der Waals surface area contributed by atoms with Crippen molar-refractivity contribution in [2.24, 2.45) is 0 Å². The van der Waals surface area contributed by atoms with Gasteiger partial charge in [0.2, 0.25) is 0 Å². The summed E-state index contributed by atoms with van der Waals surface area (Å²) in [5.41, 5.74) is -0.883. The number of nitrogens with one attached hydrogen (secondary N) is 1. The third-order valence-electron chi connectivity index (χ3n) is 7.30. The third-order valence-corrected chi connectivity index (χ3v) is 7.77. The van der Waals surface area contributed by atoms with Gasteiger partial charge in [0, 0.05) is 33.0 Å². The average molecular weight is 601 g/mol. The van der Waals surface area contributed by atoms with Crippen LogP contribution in [0.15, 0.2) is 60.7 Å². The van der Waals surface area contributed by atoms with Gasteiger partial charge in [-0.3, -0.25) is 14.5 Å². The van der Waals surface area contributed by atoms with E-state index in [-0.39, 0.29) is 34.6 Å². The van der Waals surface area contributed by atoms with Gasteiger partial charge in [-0.05, 0) is 62.4 Å². The lowest BCUT2D eigenvalue weighted by Crippen LogP contribution is -2.51. The molecule has 4 aromatic rings. The lowest BCUT2D eigenvalue weighted by molar-refractivity contribution is -0.137. The van der Waals surface area contributed by atoms with Crippen molar-refractivity contribution < 1.29 is 27.5 Å². The summed E-state index contributed by atoms with van der Waals surface area (Å²) in [7, 11) is 1.26. The van der Waals surface area contributed by atoms with Crippen LogP contribution in [0.3, 0.4) is 0 Å². The molecule has 2 aliphatic heterocycles. The van der Waals surface area contributed by atoms with Crippen molar-refractivity contribution in [2.75, 3.05) is 17.3 Å². The fourth-order valence-corrected chi connectivity index (χ4v) is 6.05. The zero-order valence-corrected chi connectivity index (χ0v) is 23.3. The second kappa shape index (κ2) is 9.25. The summed E-state index contributed by atoms with van der Waals surface area (Å²) in [5.74, 6) is -0.993. The number of hydrogen-bond donors (Lipinski definition) is 1. The van der Waals surface area contributed by atoms with Gasteiger partial charge >= 0.3 is 6.18 Å². The van der Waals surface area contributed by atoms with Gasteiger partial charge in [0.25, 0.3) is 11.8 Å². The number of hydrogen-bond acceptors (Lipinski definition) is 4. The van der Waals surface area contributed by atoms with Crippen LogP contribution >= 0.6 is 23.2 Å². The molecule has 1 N–H and O–H groups in total. The maximum Gasteiger partial charge on any atom is 0.416 e. The second-order valence-electron chi connectivity index (χ2n) is 9.98. The molecule has 7 nitrogen and oxygen atoms in total. The third kappa shape index (κ3) is 3.84. The van der Waals surface area contributed by atoms with E-state index in [0.29, 0.717) is 27.0 Å². The second-order valence-corrected chi connectivity index (χ2v) is 10.9. The van der Waals surface area contributed by atoms with E-state index in [2.05, 4.69) is 10.3 Å². The molecule has 1 spiro atoms. The molecule has 2 aliphatic rings. The number of carbonyl (C=O) groups excluding carboxylic acids is 2. The number of imidazole rings is 1. The maximum absolute atomic E-state index is 14.3. The number of anilines is 2. The summed E-state index contributed by atoms with van der Waals surface area (Å²) in [6.07, 6.45) is -4.59. The molecule has 0 bridgehead atoms. The number of fused-ring (bicyclic) bond motifs is 4. The number of methoxy groups -OCH3 is 1. The van der Waals surface area contributed by atoms with E-state index in [9.17, 15) is 22.8 Å². The summed E-state index contributed by atoms with van der Waals surface area (Å²) < 4.78 is 47.5. The molecule has 0 saturated heterocycles. The topological polar surface area (TPSA) is 76.5 Å². The first-order chi connectivity index (χ1) is 19.4. The molecule has 1 atom stereocenters. The van der Waals surface area contributed by atoms with E-state index >= 15 is 0 Å². The quantitative estimate of drug-likeness (QED) is 0.266. The van der Waals surface area contributed by atoms with E-state index in [1.807, 2.05) is 13.8 Å². The Morgan fingerprint density at radius 3 is 2.39 bits per heavy atom. The van der Waals surface area contributed by atoms with Crippen LogP contribution in [-0.4, -0.2) is 28.5 Å². The molecular weight excluding hydrogens is 580 g/mol. The van der Waals surface area contributed by atoms with Crippen LogP contribution in [-0.2, 0) is 16.5 Å². The van der Waals surface area contributed by atoms with Crippen LogP contribution in [0, 0.1) is 0 Å². The minimum Gasteiger partial charge on any atom is -0.496 e. The van der Waals surface area contributed by atoms with E-state index in [1.165, 1.54) is 18.1 Å². The molecule has 41 heavy (non-hydrogen) atoms. The van der Waals surface area contributed by atoms with Crippen molar-refractivity contribution in [1.29, 1.82) is 0 Å². The highest BCUT2D eigenvalue weighted by molar-refractivity contribution is 6.32. The minimum atomic E-state index is -4.59. The highest BCUT2D eigenvalue weighted by Gasteiger charge is 2.64. The van der Waals surface area contributed by atoms with E-state index in [1.54, 1.807) is 47.0 Å². The van der Waals surface area contributed by atoms with Crippen LogP contribution in [0.5, 0.6) is 5.75 Å². The fourth-order valence-electron chi connectivity index (χ4n) is 5.69. The van der Waals surface area contributed by atoms with Crippen LogP contribution < -0.4 is 15.0 Å². The molecule has 3 heterocycles. The first-order valence-corrected chi connectivity index (χ1v) is 13.2. The van der Waals surface area contributed by atoms with Gasteiger partial charge in [-0.2, -0.15) is 13.2 Å². The molecule has 210 valence electrons. The number of benzene rings is 3. The Morgan fingerprint density at radius 2 is 1.73 bits per heavy atom. The smallest absolute Gasteiger partial charge is 0.416 e. The van der Waals surface area contributed by atoms with Gasteiger partial charge in [-0.25, -0.2) is 4.98 Å². The SMILES string of the molecule is COc1cc(C(F)(F)F)ccc1-c1nc2c(n1C(C)C)[C@]1(C(=O)Nc3cc(Cl)ccc31)N(c1cccc(Cl)c1)C2=O. The van der Waals surface area contributed by atoms with Gasteiger partial charge < -0.3 is 14.6 Å². The van der Waals surface area contributed by atoms with Gasteiger partial charge in [-0.15, -0.1) is 0 Å². The molecule has 0 saturated carbocycles. The Morgan fingerprint density at radius 1 is 1.00 bits per heavy atom. The standard InChI is InChI=1S/C29H21Cl2F3N4O3/c1-14(2)37-24-23(36-25(37)19-9-7-15(29(32,33)34)11-22(19)41-3)26(39)38(18-6-4-5-16(30)12-18)28(24)20-10-8-17(31)13-21(20)35-27(28)40/h4-14H,1-3H3,(H,35,40)/t28-/m1/s1. The number of aromatic nitrogens is 2. The predicted octanol–water partition coefficient (Wildman–Crippen LogP) is 7.32. The normalized spacial score (nSPS) is 17.8. The maximum atomic E-state index is 14.3. The zero-order valence-electron chi connectivity index (χ0n) is 21.8. The lowest BCUT2D eigenvalue weighted by atomic mass is 9.87. The molecule has 3 aromatic carbocycles. The Hall–Kier alpha value is -4.02. The molecule has 0 aliphatic carbocycles. The predicted molar refractivity (Wildman–Crippen MR) is 149 cm³/mol. The minimum absolute atomic E-state index is 0.0198. The van der Waals surface area contributed by atoms with Gasteiger partial charge in [0.05, 0.1) is 23.9 Å². The van der Waals surface area contributed by atoms with Gasteiger partial charge in [0.15, 0.2) is 11.2 Å². The Bertz CT molecular complexity index is 1770. The van der Waals surface area contributed by atoms with E-state index in [0.717, 1.165) is 12.1 Å². The van der Waals surface area contributed by atoms with Crippen molar-refractivity contribution in [2.45, 2.75) is 31.6 Å². The monoisotopic (exact) mass is 600 g/mol. The molecule has 2 amide bonds. The Balaban J connectivity index is 1.69. The van der Waals surface area contributed by atoms with Crippen molar-refractivity contribution in [3.05, 3.63) is 93.2 Å². The average Bonchev–Trinajstić information content (AvgIpc) is 3.51. The summed E-state index contributed by atoms with van der Waals surface area (Å²) in [6, 6.07) is 14.1. The van der Waals surface area contributed by atoms with Crippen LogP contribution in [0.2, 0.25) is 10.0 Å². The summed E-state index contributed by atoms with van der Waals surface area (Å²) in [4.78, 5) is 34.5. The molecule has 1 aromatic heterocycles. The lowest BCUT2D eigenvalue weighted by Gasteiger charge is -2.35. The molecule has 0 unspecified atom stereocenters. The van der Waals surface area contributed by atoms with Crippen molar-refractivity contribution in [3.63, 3.8) is 0 Å². The number of rotatable bonds is 4.